The summed E-state index contributed by atoms with van der Waals surface area (Å²) in [6, 6.07) is 6.41. The molecular formula is C12H18N2. The van der Waals surface area contributed by atoms with Crippen molar-refractivity contribution < 1.29 is 0 Å². The molecule has 0 spiro atoms. The van der Waals surface area contributed by atoms with Crippen molar-refractivity contribution in [1.82, 2.24) is 10.2 Å². The van der Waals surface area contributed by atoms with Crippen molar-refractivity contribution >= 4 is 10.9 Å². The van der Waals surface area contributed by atoms with E-state index in [1.165, 1.54) is 10.9 Å². The van der Waals surface area contributed by atoms with Crippen LogP contribution in [0.15, 0.2) is 24.4 Å². The minimum atomic E-state index is 0.587. The minimum Gasteiger partial charge on any atom is -0.278 e. The number of hydrogen-bond donors (Lipinski definition) is 1. The van der Waals surface area contributed by atoms with Crippen molar-refractivity contribution in [1.29, 1.82) is 0 Å². The Labute approximate surface area is 85.3 Å². The molecule has 0 amide bonds. The van der Waals surface area contributed by atoms with Crippen LogP contribution in [0.5, 0.6) is 0 Å². The number of aromatic nitrogens is 2. The fraction of sp³-hybridized carbons (Fsp3) is 0.417. The molecule has 1 aromatic carbocycles. The molecule has 0 aliphatic carbocycles. The van der Waals surface area contributed by atoms with Crippen LogP contribution in [0.25, 0.3) is 10.9 Å². The fourth-order valence-electron chi connectivity index (χ4n) is 1.32. The van der Waals surface area contributed by atoms with Crippen LogP contribution in [0.2, 0.25) is 0 Å². The van der Waals surface area contributed by atoms with Gasteiger partial charge in [0.05, 0.1) is 11.7 Å². The molecule has 1 N–H and O–H groups in total. The highest BCUT2D eigenvalue weighted by molar-refractivity contribution is 5.78. The summed E-state index contributed by atoms with van der Waals surface area (Å²) in [6.07, 6.45) is 1.86. The van der Waals surface area contributed by atoms with Crippen LogP contribution < -0.4 is 0 Å². The molecule has 2 heteroatoms. The third kappa shape index (κ3) is 2.13. The molecule has 0 saturated carbocycles. The Bertz CT molecular complexity index is 388. The number of hydrogen-bond acceptors (Lipinski definition) is 1. The van der Waals surface area contributed by atoms with Gasteiger partial charge < -0.3 is 0 Å². The summed E-state index contributed by atoms with van der Waals surface area (Å²) < 4.78 is 0. The van der Waals surface area contributed by atoms with Crippen molar-refractivity contribution in [3.05, 3.63) is 30.0 Å². The van der Waals surface area contributed by atoms with Crippen molar-refractivity contribution in [3.63, 3.8) is 0 Å². The lowest BCUT2D eigenvalue weighted by atomic mass is 10.0. The minimum absolute atomic E-state index is 0.587. The second-order valence-electron chi connectivity index (χ2n) is 3.37. The van der Waals surface area contributed by atoms with E-state index >= 15 is 0 Å². The molecular weight excluding hydrogens is 172 g/mol. The lowest BCUT2D eigenvalue weighted by Gasteiger charge is -2.03. The molecule has 0 aliphatic rings. The summed E-state index contributed by atoms with van der Waals surface area (Å²) in [7, 11) is 0. The number of benzene rings is 1. The first-order valence-electron chi connectivity index (χ1n) is 5.20. The highest BCUT2D eigenvalue weighted by Crippen LogP contribution is 2.19. The average Bonchev–Trinajstić information content (AvgIpc) is 2.67. The zero-order valence-electron chi connectivity index (χ0n) is 9.33. The van der Waals surface area contributed by atoms with E-state index in [0.29, 0.717) is 5.92 Å². The van der Waals surface area contributed by atoms with E-state index < -0.39 is 0 Å². The average molecular weight is 190 g/mol. The number of nitrogens with one attached hydrogen (secondary N) is 1. The second kappa shape index (κ2) is 4.80. The molecule has 2 rings (SSSR count). The molecule has 0 saturated heterocycles. The number of rotatable bonds is 1. The van der Waals surface area contributed by atoms with E-state index in [1.54, 1.807) is 0 Å². The van der Waals surface area contributed by atoms with Gasteiger partial charge in [0.25, 0.3) is 0 Å². The van der Waals surface area contributed by atoms with Gasteiger partial charge in [-0.1, -0.05) is 33.8 Å². The molecule has 0 radical (unpaired) electrons. The van der Waals surface area contributed by atoms with E-state index in [-0.39, 0.29) is 0 Å². The van der Waals surface area contributed by atoms with Crippen LogP contribution in [0, 0.1) is 0 Å². The van der Waals surface area contributed by atoms with Gasteiger partial charge in [-0.2, -0.15) is 5.10 Å². The lowest BCUT2D eigenvalue weighted by Crippen LogP contribution is -1.85. The van der Waals surface area contributed by atoms with Crippen LogP contribution in [-0.4, -0.2) is 10.2 Å². The molecule has 1 aromatic heterocycles. The molecule has 2 nitrogen and oxygen atoms in total. The standard InChI is InChI=1S/C10H12N2.C2H6/c1-7(2)8-3-4-10-9(5-8)6-11-12-10;1-2/h3-7H,1-2H3,(H,11,12);1-2H3. The first kappa shape index (κ1) is 10.8. The van der Waals surface area contributed by atoms with Crippen LogP contribution in [0.4, 0.5) is 0 Å². The molecule has 0 aliphatic heterocycles. The van der Waals surface area contributed by atoms with Gasteiger partial charge in [0, 0.05) is 5.39 Å². The summed E-state index contributed by atoms with van der Waals surface area (Å²) in [4.78, 5) is 0. The van der Waals surface area contributed by atoms with Gasteiger partial charge in [-0.15, -0.1) is 0 Å². The maximum Gasteiger partial charge on any atom is 0.0650 e. The first-order valence-corrected chi connectivity index (χ1v) is 5.20. The van der Waals surface area contributed by atoms with Gasteiger partial charge in [0.15, 0.2) is 0 Å². The zero-order chi connectivity index (χ0) is 10.6. The summed E-state index contributed by atoms with van der Waals surface area (Å²) in [6.45, 7) is 8.39. The van der Waals surface area contributed by atoms with Crippen LogP contribution >= 0.6 is 0 Å². The Balaban J connectivity index is 0.000000461. The van der Waals surface area contributed by atoms with Gasteiger partial charge >= 0.3 is 0 Å². The van der Waals surface area contributed by atoms with E-state index in [9.17, 15) is 0 Å². The van der Waals surface area contributed by atoms with Gasteiger partial charge in [0.1, 0.15) is 0 Å². The SMILES string of the molecule is CC.CC(C)c1ccc2[nH]ncc2c1. The largest absolute Gasteiger partial charge is 0.278 e. The quantitative estimate of drug-likeness (QED) is 0.729. The topological polar surface area (TPSA) is 28.7 Å². The first-order chi connectivity index (χ1) is 6.77. The van der Waals surface area contributed by atoms with Gasteiger partial charge in [-0.05, 0) is 23.6 Å². The Morgan fingerprint density at radius 2 is 1.93 bits per heavy atom. The van der Waals surface area contributed by atoms with Gasteiger partial charge in [-0.3, -0.25) is 5.10 Å². The predicted octanol–water partition coefficient (Wildman–Crippen LogP) is 3.71. The van der Waals surface area contributed by atoms with E-state index in [2.05, 4.69) is 42.2 Å². The van der Waals surface area contributed by atoms with Crippen LogP contribution in [-0.2, 0) is 0 Å². The van der Waals surface area contributed by atoms with Crippen molar-refractivity contribution in [2.24, 2.45) is 0 Å². The summed E-state index contributed by atoms with van der Waals surface area (Å²) in [5.41, 5.74) is 2.48. The van der Waals surface area contributed by atoms with Crippen molar-refractivity contribution in [3.8, 4) is 0 Å². The number of aromatic amines is 1. The Kier molecular flexibility index (Phi) is 3.69. The molecule has 1 heterocycles. The maximum atomic E-state index is 3.98. The van der Waals surface area contributed by atoms with Crippen LogP contribution in [0.1, 0.15) is 39.2 Å². The highest BCUT2D eigenvalue weighted by atomic mass is 15.1. The van der Waals surface area contributed by atoms with E-state index in [4.69, 9.17) is 0 Å². The second-order valence-corrected chi connectivity index (χ2v) is 3.37. The third-order valence-corrected chi connectivity index (χ3v) is 2.13. The fourth-order valence-corrected chi connectivity index (χ4v) is 1.32. The molecule has 76 valence electrons. The molecule has 0 unspecified atom stereocenters. The molecule has 0 fully saturated rings. The van der Waals surface area contributed by atoms with Crippen LogP contribution in [0.3, 0.4) is 0 Å². The maximum absolute atomic E-state index is 3.98. The number of H-pyrrole nitrogens is 1. The van der Waals surface area contributed by atoms with E-state index in [1.807, 2.05) is 20.0 Å². The Morgan fingerprint density at radius 1 is 1.21 bits per heavy atom. The zero-order valence-corrected chi connectivity index (χ0v) is 9.33. The number of nitrogens with zero attached hydrogens (tertiary/aromatic N) is 1. The van der Waals surface area contributed by atoms with Crippen molar-refractivity contribution in [2.45, 2.75) is 33.6 Å². The van der Waals surface area contributed by atoms with Gasteiger partial charge in [0.2, 0.25) is 0 Å². The smallest absolute Gasteiger partial charge is 0.0650 e. The molecule has 2 aromatic rings. The molecule has 0 bridgehead atoms. The predicted molar refractivity (Wildman–Crippen MR) is 61.5 cm³/mol. The van der Waals surface area contributed by atoms with Gasteiger partial charge in [-0.25, -0.2) is 0 Å². The summed E-state index contributed by atoms with van der Waals surface area (Å²) >= 11 is 0. The Morgan fingerprint density at radius 3 is 2.57 bits per heavy atom. The molecule has 14 heavy (non-hydrogen) atoms. The Hall–Kier alpha value is -1.31. The monoisotopic (exact) mass is 190 g/mol. The van der Waals surface area contributed by atoms with E-state index in [0.717, 1.165) is 5.52 Å². The van der Waals surface area contributed by atoms with Crippen molar-refractivity contribution in [2.75, 3.05) is 0 Å². The normalized spacial score (nSPS) is 10.1. The lowest BCUT2D eigenvalue weighted by molar-refractivity contribution is 0.869. The summed E-state index contributed by atoms with van der Waals surface area (Å²) in [5.74, 6) is 0.587. The molecule has 0 atom stereocenters. The highest BCUT2D eigenvalue weighted by Gasteiger charge is 2.00. The number of fused-ring (bicyclic) bond motifs is 1. The third-order valence-electron chi connectivity index (χ3n) is 2.13. The summed E-state index contributed by atoms with van der Waals surface area (Å²) in [5, 5.41) is 8.11.